The smallest absolute Gasteiger partial charge is 0.387 e. The summed E-state index contributed by atoms with van der Waals surface area (Å²) in [6.45, 7) is -2.87. The van der Waals surface area contributed by atoms with E-state index in [-0.39, 0.29) is 41.9 Å². The van der Waals surface area contributed by atoms with Crippen molar-refractivity contribution in [1.82, 2.24) is 5.32 Å². The molecule has 3 aromatic carbocycles. The van der Waals surface area contributed by atoms with Gasteiger partial charge in [-0.25, -0.2) is 8.42 Å². The number of aliphatic hydroxyl groups is 1. The van der Waals surface area contributed by atoms with Gasteiger partial charge in [0.15, 0.2) is 11.5 Å². The van der Waals surface area contributed by atoms with Crippen LogP contribution in [0.1, 0.15) is 22.7 Å². The quantitative estimate of drug-likeness (QED) is 0.245. The molecule has 0 heterocycles. The van der Waals surface area contributed by atoms with Crippen molar-refractivity contribution >= 4 is 15.7 Å². The lowest BCUT2D eigenvalue weighted by Crippen LogP contribution is -2.32. The van der Waals surface area contributed by atoms with Crippen molar-refractivity contribution < 1.29 is 36.9 Å². The molecular weight excluding hydrogens is 506 g/mol. The fraction of sp³-hybridized carbons (Fsp3) is 0.308. The van der Waals surface area contributed by atoms with Crippen molar-refractivity contribution in [2.45, 2.75) is 31.6 Å². The molecule has 0 radical (unpaired) electrons. The first-order chi connectivity index (χ1) is 17.5. The number of ether oxygens (including phenoxy) is 2. The number of benzene rings is 3. The lowest BCUT2D eigenvalue weighted by molar-refractivity contribution is -0.0512. The molecule has 0 aliphatic carbocycles. The molecule has 4 N–H and O–H groups in total. The standard InChI is InChI=1S/C26H30F2N2O6S/c1-35-24-11-9-19(15-25(24)36-26(27)28)21(13-17-6-4-3-5-7-17)29-16-20(31)12-18-8-10-23(32)22(14-18)30-37(2,33)34/h3-11,14-15,20-21,26,29-32H,12-13,16H2,1-2H3. The maximum atomic E-state index is 12.9. The Kier molecular flexibility index (Phi) is 9.67. The van der Waals surface area contributed by atoms with Gasteiger partial charge in [0.1, 0.15) is 5.75 Å². The van der Waals surface area contributed by atoms with Crippen molar-refractivity contribution in [3.05, 3.63) is 83.4 Å². The number of anilines is 1. The number of methoxy groups -OCH3 is 1. The summed E-state index contributed by atoms with van der Waals surface area (Å²) in [4.78, 5) is 0. The molecule has 3 aromatic rings. The van der Waals surface area contributed by atoms with Gasteiger partial charge in [0.2, 0.25) is 10.0 Å². The molecule has 0 aliphatic rings. The first kappa shape index (κ1) is 28.2. The fourth-order valence-corrected chi connectivity index (χ4v) is 4.43. The van der Waals surface area contributed by atoms with E-state index in [4.69, 9.17) is 4.74 Å². The predicted octanol–water partition coefficient (Wildman–Crippen LogP) is 3.85. The zero-order chi connectivity index (χ0) is 27.0. The average molecular weight is 537 g/mol. The summed E-state index contributed by atoms with van der Waals surface area (Å²) in [7, 11) is -2.23. The zero-order valence-electron chi connectivity index (χ0n) is 20.4. The van der Waals surface area contributed by atoms with Crippen LogP contribution in [0.5, 0.6) is 17.2 Å². The maximum Gasteiger partial charge on any atom is 0.387 e. The Morgan fingerprint density at radius 2 is 1.68 bits per heavy atom. The van der Waals surface area contributed by atoms with Crippen LogP contribution in [-0.4, -0.2) is 51.3 Å². The van der Waals surface area contributed by atoms with Crippen LogP contribution in [0.25, 0.3) is 0 Å². The molecule has 37 heavy (non-hydrogen) atoms. The van der Waals surface area contributed by atoms with Crippen LogP contribution in [0.4, 0.5) is 14.5 Å². The van der Waals surface area contributed by atoms with E-state index in [2.05, 4.69) is 14.8 Å². The topological polar surface area (TPSA) is 117 Å². The fourth-order valence-electron chi connectivity index (χ4n) is 3.87. The second-order valence-corrected chi connectivity index (χ2v) is 10.3. The van der Waals surface area contributed by atoms with Crippen LogP contribution in [0.15, 0.2) is 66.7 Å². The molecule has 8 nitrogen and oxygen atoms in total. The number of alkyl halides is 2. The van der Waals surface area contributed by atoms with Crippen LogP contribution in [-0.2, 0) is 22.9 Å². The van der Waals surface area contributed by atoms with Crippen LogP contribution in [0.2, 0.25) is 0 Å². The Hall–Kier alpha value is -3.41. The van der Waals surface area contributed by atoms with Gasteiger partial charge in [-0.05, 0) is 53.8 Å². The minimum Gasteiger partial charge on any atom is -0.506 e. The van der Waals surface area contributed by atoms with E-state index in [1.54, 1.807) is 18.2 Å². The van der Waals surface area contributed by atoms with Crippen LogP contribution < -0.4 is 19.5 Å². The van der Waals surface area contributed by atoms with Gasteiger partial charge < -0.3 is 25.0 Å². The van der Waals surface area contributed by atoms with Gasteiger partial charge in [0.05, 0.1) is 25.2 Å². The molecule has 2 unspecified atom stereocenters. The van der Waals surface area contributed by atoms with E-state index in [9.17, 15) is 27.4 Å². The summed E-state index contributed by atoms with van der Waals surface area (Å²) in [5.41, 5.74) is 2.29. The summed E-state index contributed by atoms with van der Waals surface area (Å²) in [5, 5.41) is 23.9. The van der Waals surface area contributed by atoms with Crippen molar-refractivity contribution in [3.8, 4) is 17.2 Å². The van der Waals surface area contributed by atoms with Crippen molar-refractivity contribution in [2.24, 2.45) is 0 Å². The molecule has 200 valence electrons. The van der Waals surface area contributed by atoms with Crippen molar-refractivity contribution in [3.63, 3.8) is 0 Å². The first-order valence-electron chi connectivity index (χ1n) is 11.4. The van der Waals surface area contributed by atoms with Crippen LogP contribution in [0.3, 0.4) is 0 Å². The summed E-state index contributed by atoms with van der Waals surface area (Å²) < 4.78 is 61.0. The van der Waals surface area contributed by atoms with Crippen LogP contribution >= 0.6 is 0 Å². The van der Waals surface area contributed by atoms with Gasteiger partial charge in [-0.15, -0.1) is 0 Å². The highest BCUT2D eigenvalue weighted by Gasteiger charge is 2.19. The second kappa shape index (κ2) is 12.7. The predicted molar refractivity (Wildman–Crippen MR) is 137 cm³/mol. The van der Waals surface area contributed by atoms with E-state index < -0.39 is 22.7 Å². The minimum atomic E-state index is -3.59. The Bertz CT molecular complexity index is 1280. The first-order valence-corrected chi connectivity index (χ1v) is 13.3. The highest BCUT2D eigenvalue weighted by molar-refractivity contribution is 7.92. The van der Waals surface area contributed by atoms with E-state index in [0.717, 1.165) is 11.8 Å². The van der Waals surface area contributed by atoms with E-state index in [1.807, 2.05) is 30.3 Å². The number of halogens is 2. The van der Waals surface area contributed by atoms with E-state index in [0.29, 0.717) is 17.5 Å². The largest absolute Gasteiger partial charge is 0.506 e. The number of aliphatic hydroxyl groups excluding tert-OH is 1. The number of phenols is 1. The summed E-state index contributed by atoms with van der Waals surface area (Å²) in [6, 6.07) is 18.4. The third kappa shape index (κ3) is 8.88. The summed E-state index contributed by atoms with van der Waals surface area (Å²) in [5.74, 6) is -0.148. The third-order valence-electron chi connectivity index (χ3n) is 5.52. The molecule has 2 atom stereocenters. The SMILES string of the molecule is COc1ccc(C(Cc2ccccc2)NCC(O)Cc2ccc(O)c(NS(C)(=O)=O)c2)cc1OC(F)F. The zero-order valence-corrected chi connectivity index (χ0v) is 21.2. The van der Waals surface area contributed by atoms with Crippen molar-refractivity contribution in [1.29, 1.82) is 0 Å². The van der Waals surface area contributed by atoms with Gasteiger partial charge in [0, 0.05) is 12.6 Å². The highest BCUT2D eigenvalue weighted by Crippen LogP contribution is 2.33. The van der Waals surface area contributed by atoms with Gasteiger partial charge in [-0.1, -0.05) is 42.5 Å². The second-order valence-electron chi connectivity index (χ2n) is 8.52. The molecule has 0 bridgehead atoms. The summed E-state index contributed by atoms with van der Waals surface area (Å²) in [6.07, 6.45) is 0.785. The number of aromatic hydroxyl groups is 1. The lowest BCUT2D eigenvalue weighted by Gasteiger charge is -2.23. The van der Waals surface area contributed by atoms with E-state index in [1.165, 1.54) is 25.3 Å². The number of nitrogens with one attached hydrogen (secondary N) is 2. The van der Waals surface area contributed by atoms with Gasteiger partial charge >= 0.3 is 6.61 Å². The van der Waals surface area contributed by atoms with Gasteiger partial charge in [0.25, 0.3) is 0 Å². The average Bonchev–Trinajstić information content (AvgIpc) is 2.83. The molecule has 0 amide bonds. The Balaban J connectivity index is 1.77. The van der Waals surface area contributed by atoms with Crippen molar-refractivity contribution in [2.75, 3.05) is 24.6 Å². The molecule has 0 aromatic heterocycles. The number of hydrogen-bond acceptors (Lipinski definition) is 7. The lowest BCUT2D eigenvalue weighted by atomic mass is 9.97. The molecule has 0 saturated heterocycles. The third-order valence-corrected chi connectivity index (χ3v) is 6.11. The molecular formula is C26H30F2N2O6S. The molecule has 11 heteroatoms. The monoisotopic (exact) mass is 536 g/mol. The van der Waals surface area contributed by atoms with Crippen LogP contribution in [0, 0.1) is 0 Å². The van der Waals surface area contributed by atoms with Gasteiger partial charge in [-0.3, -0.25) is 4.72 Å². The highest BCUT2D eigenvalue weighted by atomic mass is 32.2. The molecule has 0 spiro atoms. The molecule has 0 fully saturated rings. The molecule has 3 rings (SSSR count). The Morgan fingerprint density at radius 1 is 0.946 bits per heavy atom. The van der Waals surface area contributed by atoms with E-state index >= 15 is 0 Å². The number of sulfonamides is 1. The number of hydrogen-bond donors (Lipinski definition) is 4. The Morgan fingerprint density at radius 3 is 2.32 bits per heavy atom. The molecule has 0 aliphatic heterocycles. The normalized spacial score (nSPS) is 13.2. The minimum absolute atomic E-state index is 0.0203. The van der Waals surface area contributed by atoms with Gasteiger partial charge in [-0.2, -0.15) is 8.78 Å². The maximum absolute atomic E-state index is 12.9. The number of phenolic OH excluding ortho intramolecular Hbond substituents is 1. The Labute approximate surface area is 214 Å². The molecule has 0 saturated carbocycles. The summed E-state index contributed by atoms with van der Waals surface area (Å²) >= 11 is 0. The number of rotatable bonds is 13.